The number of sulfonamides is 1. The van der Waals surface area contributed by atoms with Crippen molar-refractivity contribution in [3.05, 3.63) is 29.8 Å². The van der Waals surface area contributed by atoms with Crippen LogP contribution in [-0.4, -0.2) is 21.8 Å². The molecule has 15 heavy (non-hydrogen) atoms. The van der Waals surface area contributed by atoms with E-state index in [4.69, 9.17) is 4.74 Å². The fourth-order valence-corrected chi connectivity index (χ4v) is 2.18. The summed E-state index contributed by atoms with van der Waals surface area (Å²) in [6.45, 7) is 1.78. The fraction of sp³-hybridized carbons (Fsp3) is 0.400. The van der Waals surface area contributed by atoms with Crippen LogP contribution in [0, 0.1) is 0 Å². The van der Waals surface area contributed by atoms with Gasteiger partial charge in [-0.05, 0) is 13.0 Å². The van der Waals surface area contributed by atoms with E-state index in [1.807, 2.05) is 18.2 Å². The van der Waals surface area contributed by atoms with Gasteiger partial charge in [-0.3, -0.25) is 0 Å². The lowest BCUT2D eigenvalue weighted by Gasteiger charge is -2.15. The monoisotopic (exact) mass is 229 g/mol. The normalized spacial score (nSPS) is 13.5. The Labute approximate surface area is 90.3 Å². The van der Waals surface area contributed by atoms with Crippen LogP contribution in [0.3, 0.4) is 0 Å². The van der Waals surface area contributed by atoms with E-state index in [9.17, 15) is 8.42 Å². The first-order valence-electron chi connectivity index (χ1n) is 4.54. The number of hydrogen-bond acceptors (Lipinski definition) is 3. The van der Waals surface area contributed by atoms with Crippen LogP contribution in [0.25, 0.3) is 0 Å². The van der Waals surface area contributed by atoms with Gasteiger partial charge in [-0.2, -0.15) is 0 Å². The lowest BCUT2D eigenvalue weighted by Crippen LogP contribution is -2.25. The van der Waals surface area contributed by atoms with Crippen LogP contribution in [0.5, 0.6) is 5.75 Å². The largest absolute Gasteiger partial charge is 0.496 e. The molecule has 4 nitrogen and oxygen atoms in total. The molecule has 1 atom stereocenters. The predicted octanol–water partition coefficient (Wildman–Crippen LogP) is 1.31. The maximum atomic E-state index is 11.1. The fourth-order valence-electron chi connectivity index (χ4n) is 1.41. The number of ether oxygens (including phenoxy) is 1. The lowest BCUT2D eigenvalue weighted by atomic mass is 10.1. The Morgan fingerprint density at radius 2 is 1.93 bits per heavy atom. The summed E-state index contributed by atoms with van der Waals surface area (Å²) >= 11 is 0. The first-order valence-corrected chi connectivity index (χ1v) is 6.43. The topological polar surface area (TPSA) is 55.4 Å². The summed E-state index contributed by atoms with van der Waals surface area (Å²) in [6, 6.07) is 7.03. The first kappa shape index (κ1) is 12.0. The van der Waals surface area contributed by atoms with Crippen LogP contribution in [0.15, 0.2) is 24.3 Å². The quantitative estimate of drug-likeness (QED) is 0.846. The van der Waals surface area contributed by atoms with E-state index in [1.165, 1.54) is 0 Å². The van der Waals surface area contributed by atoms with Crippen molar-refractivity contribution in [2.24, 2.45) is 0 Å². The highest BCUT2D eigenvalue weighted by Crippen LogP contribution is 2.24. The third kappa shape index (κ3) is 3.53. The van der Waals surface area contributed by atoms with Gasteiger partial charge in [-0.1, -0.05) is 18.2 Å². The zero-order chi connectivity index (χ0) is 11.5. The van der Waals surface area contributed by atoms with Crippen LogP contribution in [-0.2, 0) is 10.0 Å². The van der Waals surface area contributed by atoms with Crippen molar-refractivity contribution in [1.82, 2.24) is 4.72 Å². The second-order valence-electron chi connectivity index (χ2n) is 3.35. The maximum absolute atomic E-state index is 11.1. The molecule has 0 saturated heterocycles. The molecule has 1 aromatic rings. The molecule has 84 valence electrons. The molecule has 0 bridgehead atoms. The summed E-state index contributed by atoms with van der Waals surface area (Å²) in [7, 11) is -1.64. The van der Waals surface area contributed by atoms with Crippen molar-refractivity contribution in [3.8, 4) is 5.75 Å². The maximum Gasteiger partial charge on any atom is 0.209 e. The van der Waals surface area contributed by atoms with Crippen molar-refractivity contribution in [2.75, 3.05) is 13.4 Å². The van der Waals surface area contributed by atoms with Crippen molar-refractivity contribution >= 4 is 10.0 Å². The molecule has 0 aliphatic heterocycles. The highest BCUT2D eigenvalue weighted by molar-refractivity contribution is 7.88. The van der Waals surface area contributed by atoms with Gasteiger partial charge in [0, 0.05) is 11.6 Å². The van der Waals surface area contributed by atoms with Gasteiger partial charge >= 0.3 is 0 Å². The van der Waals surface area contributed by atoms with Crippen LogP contribution in [0.4, 0.5) is 0 Å². The van der Waals surface area contributed by atoms with Gasteiger partial charge in [-0.15, -0.1) is 0 Å². The Kier molecular flexibility index (Phi) is 3.71. The molecule has 0 unspecified atom stereocenters. The Morgan fingerprint density at radius 1 is 1.33 bits per heavy atom. The molecular formula is C10H15NO3S. The second kappa shape index (κ2) is 4.63. The SMILES string of the molecule is COc1ccccc1[C@@H](C)NS(C)(=O)=O. The molecule has 1 rings (SSSR count). The average molecular weight is 229 g/mol. The minimum absolute atomic E-state index is 0.295. The molecule has 0 aromatic heterocycles. The summed E-state index contributed by atoms with van der Waals surface area (Å²) in [5, 5.41) is 0. The summed E-state index contributed by atoms with van der Waals surface area (Å²) in [5.74, 6) is 0.682. The van der Waals surface area contributed by atoms with E-state index in [0.717, 1.165) is 11.8 Å². The van der Waals surface area contributed by atoms with Crippen molar-refractivity contribution in [1.29, 1.82) is 0 Å². The zero-order valence-electron chi connectivity index (χ0n) is 9.02. The molecule has 0 aliphatic carbocycles. The standard InChI is InChI=1S/C10H15NO3S/c1-8(11-15(3,12)13)9-6-4-5-7-10(9)14-2/h4-8,11H,1-3H3/t8-/m1/s1. The molecule has 5 heteroatoms. The van der Waals surface area contributed by atoms with Gasteiger partial charge in [-0.25, -0.2) is 13.1 Å². The van der Waals surface area contributed by atoms with Gasteiger partial charge in [0.15, 0.2) is 0 Å². The molecule has 1 aromatic carbocycles. The van der Waals surface area contributed by atoms with E-state index >= 15 is 0 Å². The van der Waals surface area contributed by atoms with Crippen LogP contribution >= 0.6 is 0 Å². The van der Waals surface area contributed by atoms with Crippen LogP contribution in [0.1, 0.15) is 18.5 Å². The first-order chi connectivity index (χ1) is 6.94. The number of rotatable bonds is 4. The smallest absolute Gasteiger partial charge is 0.209 e. The average Bonchev–Trinajstić information content (AvgIpc) is 2.15. The Bertz CT molecular complexity index is 428. The van der Waals surface area contributed by atoms with Gasteiger partial charge in [0.1, 0.15) is 5.75 Å². The van der Waals surface area contributed by atoms with E-state index in [0.29, 0.717) is 5.75 Å². The molecule has 0 heterocycles. The second-order valence-corrected chi connectivity index (χ2v) is 5.13. The molecule has 0 fully saturated rings. The minimum atomic E-state index is -3.20. The van der Waals surface area contributed by atoms with Gasteiger partial charge < -0.3 is 4.74 Å². The van der Waals surface area contributed by atoms with Crippen molar-refractivity contribution < 1.29 is 13.2 Å². The summed E-state index contributed by atoms with van der Waals surface area (Å²) in [4.78, 5) is 0. The number of hydrogen-bond donors (Lipinski definition) is 1. The highest BCUT2D eigenvalue weighted by atomic mass is 32.2. The molecule has 0 aliphatic rings. The molecule has 0 saturated carbocycles. The molecular weight excluding hydrogens is 214 g/mol. The summed E-state index contributed by atoms with van der Waals surface area (Å²) < 4.78 is 29.8. The zero-order valence-corrected chi connectivity index (χ0v) is 9.84. The number of nitrogens with one attached hydrogen (secondary N) is 1. The third-order valence-electron chi connectivity index (χ3n) is 2.00. The summed E-state index contributed by atoms with van der Waals surface area (Å²) in [6.07, 6.45) is 1.14. The number of benzene rings is 1. The Balaban J connectivity index is 2.95. The third-order valence-corrected chi connectivity index (χ3v) is 2.78. The number of para-hydroxylation sites is 1. The van der Waals surface area contributed by atoms with Crippen molar-refractivity contribution in [2.45, 2.75) is 13.0 Å². The summed E-state index contributed by atoms with van der Waals surface area (Å²) in [5.41, 5.74) is 0.824. The van der Waals surface area contributed by atoms with Gasteiger partial charge in [0.05, 0.1) is 13.4 Å². The van der Waals surface area contributed by atoms with E-state index < -0.39 is 10.0 Å². The highest BCUT2D eigenvalue weighted by Gasteiger charge is 2.14. The van der Waals surface area contributed by atoms with Crippen LogP contribution < -0.4 is 9.46 Å². The Hall–Kier alpha value is -1.07. The number of methoxy groups -OCH3 is 1. The predicted molar refractivity (Wildman–Crippen MR) is 59.4 cm³/mol. The van der Waals surface area contributed by atoms with E-state index in [2.05, 4.69) is 4.72 Å². The van der Waals surface area contributed by atoms with Gasteiger partial charge in [0.25, 0.3) is 0 Å². The lowest BCUT2D eigenvalue weighted by molar-refractivity contribution is 0.405. The van der Waals surface area contributed by atoms with Crippen LogP contribution in [0.2, 0.25) is 0 Å². The Morgan fingerprint density at radius 3 is 2.47 bits per heavy atom. The molecule has 0 amide bonds. The van der Waals surface area contributed by atoms with Crippen molar-refractivity contribution in [3.63, 3.8) is 0 Å². The van der Waals surface area contributed by atoms with Gasteiger partial charge in [0.2, 0.25) is 10.0 Å². The molecule has 1 N–H and O–H groups in total. The molecule has 0 spiro atoms. The van der Waals surface area contributed by atoms with E-state index in [-0.39, 0.29) is 6.04 Å². The van der Waals surface area contributed by atoms with E-state index in [1.54, 1.807) is 20.1 Å². The molecule has 0 radical (unpaired) electrons. The minimum Gasteiger partial charge on any atom is -0.496 e.